The topological polar surface area (TPSA) is 96.3 Å². The van der Waals surface area contributed by atoms with Crippen molar-refractivity contribution in [3.63, 3.8) is 0 Å². The molecule has 2 N–H and O–H groups in total. The second-order valence-corrected chi connectivity index (χ2v) is 10.5. The van der Waals surface area contributed by atoms with Gasteiger partial charge in [-0.15, -0.1) is 0 Å². The van der Waals surface area contributed by atoms with Crippen LogP contribution in [0.25, 0.3) is 6.08 Å². The highest BCUT2D eigenvalue weighted by Crippen LogP contribution is 2.50. The smallest absolute Gasteiger partial charge is 0.455 e. The van der Waals surface area contributed by atoms with Gasteiger partial charge in [0.2, 0.25) is 11.8 Å². The molecule has 0 saturated carbocycles. The van der Waals surface area contributed by atoms with Gasteiger partial charge in [-0.2, -0.15) is 0 Å². The zero-order valence-corrected chi connectivity index (χ0v) is 21.5. The van der Waals surface area contributed by atoms with Gasteiger partial charge < -0.3 is 19.5 Å². The Hall–Kier alpha value is -1.85. The number of phenolic OH excluding ortho intramolecular Hbond substituents is 1. The van der Waals surface area contributed by atoms with Crippen molar-refractivity contribution in [3.05, 3.63) is 38.0 Å². The number of nitrogens with zero attached hydrogens (tertiary/aromatic N) is 1. The Morgan fingerprint density at radius 3 is 2.76 bits per heavy atom. The second-order valence-electron chi connectivity index (χ2n) is 9.31. The lowest BCUT2D eigenvalue weighted by atomic mass is 9.59. The minimum absolute atomic E-state index is 0.112. The maximum atomic E-state index is 12.8. The molecule has 4 atom stereocenters. The summed E-state index contributed by atoms with van der Waals surface area (Å²) in [5.74, 6) is -0.571. The van der Waals surface area contributed by atoms with Crippen LogP contribution in [0.5, 0.6) is 11.5 Å². The van der Waals surface area contributed by atoms with E-state index < -0.39 is 13.0 Å². The summed E-state index contributed by atoms with van der Waals surface area (Å²) in [5, 5.41) is 20.5. The Balaban J connectivity index is 1.54. The number of fused-ring (bicyclic) bond motifs is 3. The van der Waals surface area contributed by atoms with Gasteiger partial charge in [-0.25, -0.2) is 0 Å². The zero-order chi connectivity index (χ0) is 24.0. The second kappa shape index (κ2) is 9.42. The molecule has 1 aromatic rings. The lowest BCUT2D eigenvalue weighted by Crippen LogP contribution is -2.45. The third kappa shape index (κ3) is 4.47. The van der Waals surface area contributed by atoms with Gasteiger partial charge >= 0.3 is 7.12 Å². The van der Waals surface area contributed by atoms with Crippen LogP contribution in [-0.2, 0) is 14.2 Å². The fourth-order valence-corrected chi connectivity index (χ4v) is 6.25. The molecular weight excluding hydrogens is 536 g/mol. The van der Waals surface area contributed by atoms with E-state index in [1.165, 1.54) is 12.0 Å². The van der Waals surface area contributed by atoms with Gasteiger partial charge in [-0.3, -0.25) is 14.5 Å². The number of ether oxygens (including phenoxy) is 1. The van der Waals surface area contributed by atoms with Crippen molar-refractivity contribution in [2.75, 3.05) is 14.2 Å². The largest absolute Gasteiger partial charge is 0.504 e. The Morgan fingerprint density at radius 1 is 1.33 bits per heavy atom. The quantitative estimate of drug-likeness (QED) is 0.245. The van der Waals surface area contributed by atoms with Gasteiger partial charge in [0.05, 0.1) is 28.6 Å². The monoisotopic (exact) mass is 565 g/mol. The number of halogens is 1. The first-order valence-corrected chi connectivity index (χ1v) is 12.3. The molecule has 2 fully saturated rings. The summed E-state index contributed by atoms with van der Waals surface area (Å²) in [6.07, 6.45) is 4.09. The summed E-state index contributed by atoms with van der Waals surface area (Å²) in [5.41, 5.74) is 4.25. The SMILES string of the molecule is COc1cc(/C=C(\C)CC[C@H]2OB(O)C[C@H]3C2=C(C)C[C@H]2C(=O)N(C)C(=O)[C@H]23)cc(I)c1O. The summed E-state index contributed by atoms with van der Waals surface area (Å²) in [6, 6.07) is 3.69. The first-order chi connectivity index (χ1) is 15.6. The van der Waals surface area contributed by atoms with E-state index in [-0.39, 0.29) is 35.5 Å². The fourth-order valence-electron chi connectivity index (χ4n) is 5.63. The van der Waals surface area contributed by atoms with Crippen LogP contribution in [0, 0.1) is 21.3 Å². The third-order valence-corrected chi connectivity index (χ3v) is 7.98. The van der Waals surface area contributed by atoms with E-state index in [2.05, 4.69) is 22.6 Å². The molecule has 0 bridgehead atoms. The van der Waals surface area contributed by atoms with Crippen LogP contribution in [0.3, 0.4) is 0 Å². The predicted octanol–water partition coefficient (Wildman–Crippen LogP) is 3.64. The number of hydrogen-bond donors (Lipinski definition) is 2. The zero-order valence-electron chi connectivity index (χ0n) is 19.3. The number of amides is 2. The maximum absolute atomic E-state index is 12.8. The number of carbonyl (C=O) groups excluding carboxylic acids is 2. The van der Waals surface area contributed by atoms with Gasteiger partial charge in [0.25, 0.3) is 0 Å². The molecule has 2 aliphatic heterocycles. The van der Waals surface area contributed by atoms with Crippen LogP contribution in [-0.4, -0.2) is 54.2 Å². The highest BCUT2D eigenvalue weighted by Gasteiger charge is 2.55. The average molecular weight is 565 g/mol. The van der Waals surface area contributed by atoms with E-state index >= 15 is 0 Å². The molecule has 0 spiro atoms. The number of allylic oxidation sites excluding steroid dienone is 2. The molecule has 4 rings (SSSR count). The Kier molecular flexibility index (Phi) is 6.93. The van der Waals surface area contributed by atoms with Gasteiger partial charge in [0.1, 0.15) is 0 Å². The lowest BCUT2D eigenvalue weighted by molar-refractivity contribution is -0.138. The van der Waals surface area contributed by atoms with Crippen LogP contribution in [0.4, 0.5) is 0 Å². The van der Waals surface area contributed by atoms with Crippen molar-refractivity contribution in [3.8, 4) is 11.5 Å². The highest BCUT2D eigenvalue weighted by atomic mass is 127. The number of carbonyl (C=O) groups is 2. The van der Waals surface area contributed by atoms with Crippen molar-refractivity contribution in [2.45, 2.75) is 45.5 Å². The van der Waals surface area contributed by atoms with Crippen LogP contribution < -0.4 is 4.74 Å². The molecule has 0 aromatic heterocycles. The Bertz CT molecular complexity index is 1050. The van der Waals surface area contributed by atoms with E-state index in [9.17, 15) is 19.7 Å². The number of aromatic hydroxyl groups is 1. The maximum Gasteiger partial charge on any atom is 0.455 e. The number of methoxy groups -OCH3 is 1. The molecule has 2 saturated heterocycles. The molecule has 0 unspecified atom stereocenters. The van der Waals surface area contributed by atoms with Gasteiger partial charge in [-0.05, 0) is 91.2 Å². The number of imide groups is 1. The van der Waals surface area contributed by atoms with Gasteiger partial charge in [-0.1, -0.05) is 17.2 Å². The molecule has 1 aliphatic carbocycles. The van der Waals surface area contributed by atoms with Crippen molar-refractivity contribution >= 4 is 47.6 Å². The molecule has 1 aromatic carbocycles. The highest BCUT2D eigenvalue weighted by molar-refractivity contribution is 14.1. The fraction of sp³-hybridized carbons (Fsp3) is 0.500. The van der Waals surface area contributed by atoms with Gasteiger partial charge in [0.15, 0.2) is 11.5 Å². The van der Waals surface area contributed by atoms with E-state index in [0.717, 1.165) is 28.7 Å². The van der Waals surface area contributed by atoms with Crippen molar-refractivity contribution in [2.24, 2.45) is 17.8 Å². The average Bonchev–Trinajstić information content (AvgIpc) is 2.98. The van der Waals surface area contributed by atoms with Crippen molar-refractivity contribution in [1.29, 1.82) is 0 Å². The summed E-state index contributed by atoms with van der Waals surface area (Å²) >= 11 is 2.08. The normalized spacial score (nSPS) is 27.8. The number of hydrogen-bond acceptors (Lipinski definition) is 6. The number of phenols is 1. The summed E-state index contributed by atoms with van der Waals surface area (Å²) < 4.78 is 11.9. The van der Waals surface area contributed by atoms with Crippen LogP contribution in [0.15, 0.2) is 28.9 Å². The molecular formula is C24H29BINO6. The minimum Gasteiger partial charge on any atom is -0.504 e. The Labute approximate surface area is 208 Å². The summed E-state index contributed by atoms with van der Waals surface area (Å²) in [7, 11) is 2.13. The summed E-state index contributed by atoms with van der Waals surface area (Å²) in [6.45, 7) is 4.06. The molecule has 176 valence electrons. The predicted molar refractivity (Wildman–Crippen MR) is 133 cm³/mol. The molecule has 2 heterocycles. The number of likely N-dealkylation sites (tertiary alicyclic amines) is 1. The first kappa shape index (κ1) is 24.3. The van der Waals surface area contributed by atoms with Crippen molar-refractivity contribution in [1.82, 2.24) is 4.90 Å². The van der Waals surface area contributed by atoms with Crippen molar-refractivity contribution < 1.29 is 29.1 Å². The first-order valence-electron chi connectivity index (χ1n) is 11.2. The number of rotatable bonds is 5. The van der Waals surface area contributed by atoms with Crippen LogP contribution >= 0.6 is 22.6 Å². The molecule has 9 heteroatoms. The van der Waals surface area contributed by atoms with E-state index in [1.807, 2.05) is 26.0 Å². The molecule has 33 heavy (non-hydrogen) atoms. The molecule has 2 amide bonds. The van der Waals surface area contributed by atoms with Crippen LogP contribution in [0.2, 0.25) is 6.32 Å². The van der Waals surface area contributed by atoms with Gasteiger partial charge in [0, 0.05) is 7.05 Å². The standard InChI is InChI=1S/C24H29BINO6/c1-12(7-14-9-17(26)22(28)19(10-14)32-4)5-6-18-20-13(2)8-15-21(16(20)11-25(31)33-18)24(30)27(3)23(15)29/h7,9-10,15-16,18,21,28,31H,5-6,8,11H2,1-4H3/b12-7+/t15-,16+,18-,21-/m1/s1. The Morgan fingerprint density at radius 2 is 2.06 bits per heavy atom. The number of benzene rings is 1. The lowest BCUT2D eigenvalue weighted by Gasteiger charge is -2.42. The van der Waals surface area contributed by atoms with E-state index in [4.69, 9.17) is 9.39 Å². The molecule has 7 nitrogen and oxygen atoms in total. The van der Waals surface area contributed by atoms with E-state index in [1.54, 1.807) is 13.1 Å². The molecule has 3 aliphatic rings. The van der Waals surface area contributed by atoms with E-state index in [0.29, 0.717) is 28.5 Å². The third-order valence-electron chi connectivity index (χ3n) is 7.16. The molecule has 0 radical (unpaired) electrons. The summed E-state index contributed by atoms with van der Waals surface area (Å²) in [4.78, 5) is 26.6. The minimum atomic E-state index is -0.948. The van der Waals surface area contributed by atoms with Crippen LogP contribution in [0.1, 0.15) is 38.7 Å².